The van der Waals surface area contributed by atoms with E-state index in [2.05, 4.69) is 15.5 Å². The quantitative estimate of drug-likeness (QED) is 0.885. The third-order valence-corrected chi connectivity index (χ3v) is 5.00. The van der Waals surface area contributed by atoms with Crippen molar-refractivity contribution in [2.24, 2.45) is 17.8 Å². The fourth-order valence-corrected chi connectivity index (χ4v) is 3.98. The average Bonchev–Trinajstić information content (AvgIpc) is 3.07. The molecule has 19 heavy (non-hydrogen) atoms. The van der Waals surface area contributed by atoms with Crippen molar-refractivity contribution >= 4 is 0 Å². The molecule has 2 fully saturated rings. The summed E-state index contributed by atoms with van der Waals surface area (Å²) in [6, 6.07) is 4.25. The number of hydrogen-bond donors (Lipinski definition) is 1. The summed E-state index contributed by atoms with van der Waals surface area (Å²) in [5.41, 5.74) is 1.03. The Labute approximate surface area is 115 Å². The maximum Gasteiger partial charge on any atom is 0.233 e. The van der Waals surface area contributed by atoms with Gasteiger partial charge in [-0.25, -0.2) is 0 Å². The first-order valence-corrected chi connectivity index (χ1v) is 7.35. The first-order valence-electron chi connectivity index (χ1n) is 7.35. The zero-order valence-electron chi connectivity index (χ0n) is 11.8. The number of fused-ring (bicyclic) bond motifs is 2. The summed E-state index contributed by atoms with van der Waals surface area (Å²) in [4.78, 5) is 0. The summed E-state index contributed by atoms with van der Waals surface area (Å²) in [6.45, 7) is 0. The van der Waals surface area contributed by atoms with Crippen LogP contribution in [0.1, 0.15) is 43.8 Å². The van der Waals surface area contributed by atoms with Crippen molar-refractivity contribution in [2.45, 2.75) is 38.1 Å². The van der Waals surface area contributed by atoms with Gasteiger partial charge in [-0.2, -0.15) is 5.10 Å². The number of methoxy groups -OCH3 is 1. The monoisotopic (exact) mass is 261 g/mol. The molecule has 4 nitrogen and oxygen atoms in total. The molecule has 0 amide bonds. The summed E-state index contributed by atoms with van der Waals surface area (Å²) >= 11 is 0. The van der Waals surface area contributed by atoms with Crippen LogP contribution in [0.2, 0.25) is 0 Å². The molecule has 104 valence electrons. The predicted octanol–water partition coefficient (Wildman–Crippen LogP) is 2.57. The highest BCUT2D eigenvalue weighted by Gasteiger charge is 2.40. The van der Waals surface area contributed by atoms with E-state index >= 15 is 0 Å². The van der Waals surface area contributed by atoms with Crippen molar-refractivity contribution in [2.75, 3.05) is 14.2 Å². The summed E-state index contributed by atoms with van der Waals surface area (Å²) in [7, 11) is 3.64. The molecule has 0 radical (unpaired) electrons. The molecule has 1 N–H and O–H groups in total. The van der Waals surface area contributed by atoms with Crippen LogP contribution in [0.15, 0.2) is 12.1 Å². The Bertz CT molecular complexity index is 420. The molecule has 0 aliphatic heterocycles. The van der Waals surface area contributed by atoms with Crippen molar-refractivity contribution in [3.05, 3.63) is 17.8 Å². The van der Waals surface area contributed by atoms with Crippen molar-refractivity contribution in [1.29, 1.82) is 0 Å². The predicted molar refractivity (Wildman–Crippen MR) is 73.9 cm³/mol. The number of aromatic nitrogens is 2. The van der Waals surface area contributed by atoms with Crippen molar-refractivity contribution in [1.82, 2.24) is 15.5 Å². The lowest BCUT2D eigenvalue weighted by Crippen LogP contribution is -2.23. The van der Waals surface area contributed by atoms with E-state index in [1.807, 2.05) is 19.2 Å². The molecule has 2 saturated carbocycles. The van der Waals surface area contributed by atoms with Gasteiger partial charge >= 0.3 is 0 Å². The highest BCUT2D eigenvalue weighted by atomic mass is 16.5. The van der Waals surface area contributed by atoms with Gasteiger partial charge in [0.1, 0.15) is 0 Å². The average molecular weight is 261 g/mol. The minimum atomic E-state index is 0.322. The Kier molecular flexibility index (Phi) is 3.69. The molecule has 0 saturated heterocycles. The molecule has 4 heteroatoms. The third-order valence-electron chi connectivity index (χ3n) is 5.00. The van der Waals surface area contributed by atoms with Crippen LogP contribution in [0.3, 0.4) is 0 Å². The molecule has 0 aromatic carbocycles. The van der Waals surface area contributed by atoms with Crippen LogP contribution in [0.5, 0.6) is 5.88 Å². The SMILES string of the molecule is CNC(CC1CC2CCC1C2)c1ccc(OC)nn1. The maximum atomic E-state index is 5.06. The minimum Gasteiger partial charge on any atom is -0.480 e. The van der Waals surface area contributed by atoms with Gasteiger partial charge in [-0.3, -0.25) is 0 Å². The molecule has 1 heterocycles. The summed E-state index contributed by atoms with van der Waals surface area (Å²) in [6.07, 6.45) is 6.99. The van der Waals surface area contributed by atoms with E-state index in [1.165, 1.54) is 32.1 Å². The molecule has 3 rings (SSSR count). The Morgan fingerprint density at radius 3 is 2.74 bits per heavy atom. The smallest absolute Gasteiger partial charge is 0.233 e. The lowest BCUT2D eigenvalue weighted by Gasteiger charge is -2.26. The number of nitrogens with one attached hydrogen (secondary N) is 1. The normalized spacial score (nSPS) is 30.5. The highest BCUT2D eigenvalue weighted by molar-refractivity contribution is 5.14. The topological polar surface area (TPSA) is 47.0 Å². The molecule has 1 aromatic rings. The third kappa shape index (κ3) is 2.59. The Hall–Kier alpha value is -1.16. The molecular weight excluding hydrogens is 238 g/mol. The van der Waals surface area contributed by atoms with E-state index in [4.69, 9.17) is 4.74 Å². The second-order valence-corrected chi connectivity index (χ2v) is 6.01. The minimum absolute atomic E-state index is 0.322. The van der Waals surface area contributed by atoms with Gasteiger partial charge in [0.2, 0.25) is 5.88 Å². The van der Waals surface area contributed by atoms with E-state index in [0.717, 1.165) is 23.4 Å². The zero-order chi connectivity index (χ0) is 13.2. The summed E-state index contributed by atoms with van der Waals surface area (Å²) in [5, 5.41) is 11.8. The molecule has 0 spiro atoms. The number of rotatable bonds is 5. The van der Waals surface area contributed by atoms with Gasteiger partial charge in [-0.1, -0.05) is 6.42 Å². The Morgan fingerprint density at radius 1 is 1.32 bits per heavy atom. The fourth-order valence-electron chi connectivity index (χ4n) is 3.98. The van der Waals surface area contributed by atoms with Gasteiger partial charge in [0, 0.05) is 6.07 Å². The van der Waals surface area contributed by atoms with Gasteiger partial charge in [0.15, 0.2) is 0 Å². The van der Waals surface area contributed by atoms with Crippen molar-refractivity contribution in [3.63, 3.8) is 0 Å². The van der Waals surface area contributed by atoms with Crippen molar-refractivity contribution in [3.8, 4) is 5.88 Å². The Morgan fingerprint density at radius 2 is 2.21 bits per heavy atom. The zero-order valence-corrected chi connectivity index (χ0v) is 11.8. The van der Waals surface area contributed by atoms with Gasteiger partial charge in [-0.05, 0) is 56.6 Å². The lowest BCUT2D eigenvalue weighted by atomic mass is 9.83. The molecule has 4 atom stereocenters. The number of nitrogens with zero attached hydrogens (tertiary/aromatic N) is 2. The summed E-state index contributed by atoms with van der Waals surface area (Å²) in [5.74, 6) is 3.43. The molecule has 2 aliphatic rings. The largest absolute Gasteiger partial charge is 0.480 e. The van der Waals surface area contributed by atoms with E-state index < -0.39 is 0 Å². The van der Waals surface area contributed by atoms with E-state index in [0.29, 0.717) is 11.9 Å². The number of ether oxygens (including phenoxy) is 1. The molecule has 1 aromatic heterocycles. The molecular formula is C15H23N3O. The second kappa shape index (κ2) is 5.45. The molecule has 2 bridgehead atoms. The fraction of sp³-hybridized carbons (Fsp3) is 0.733. The van der Waals surface area contributed by atoms with Gasteiger partial charge in [-0.15, -0.1) is 5.10 Å². The molecule has 4 unspecified atom stereocenters. The van der Waals surface area contributed by atoms with Crippen LogP contribution in [0.4, 0.5) is 0 Å². The first kappa shape index (κ1) is 12.9. The van der Waals surface area contributed by atoms with E-state index in [9.17, 15) is 0 Å². The van der Waals surface area contributed by atoms with Crippen LogP contribution in [0.25, 0.3) is 0 Å². The van der Waals surface area contributed by atoms with Gasteiger partial charge in [0.05, 0.1) is 18.8 Å². The lowest BCUT2D eigenvalue weighted by molar-refractivity contribution is 0.281. The van der Waals surface area contributed by atoms with E-state index in [-0.39, 0.29) is 0 Å². The molecule has 2 aliphatic carbocycles. The van der Waals surface area contributed by atoms with Gasteiger partial charge in [0.25, 0.3) is 0 Å². The summed E-state index contributed by atoms with van der Waals surface area (Å²) < 4.78 is 5.06. The van der Waals surface area contributed by atoms with Crippen LogP contribution in [0, 0.1) is 17.8 Å². The van der Waals surface area contributed by atoms with Crippen LogP contribution in [-0.2, 0) is 0 Å². The van der Waals surface area contributed by atoms with Crippen LogP contribution in [-0.4, -0.2) is 24.4 Å². The van der Waals surface area contributed by atoms with Gasteiger partial charge < -0.3 is 10.1 Å². The first-order chi connectivity index (χ1) is 9.30. The Balaban J connectivity index is 1.66. The maximum absolute atomic E-state index is 5.06. The van der Waals surface area contributed by atoms with Crippen LogP contribution >= 0.6 is 0 Å². The van der Waals surface area contributed by atoms with E-state index in [1.54, 1.807) is 7.11 Å². The van der Waals surface area contributed by atoms with Crippen molar-refractivity contribution < 1.29 is 4.74 Å². The van der Waals surface area contributed by atoms with Crippen LogP contribution < -0.4 is 10.1 Å². The standard InChI is InChI=1S/C15H23N3O/c1-16-14(13-5-6-15(19-2)18-17-13)9-12-8-10-3-4-11(12)7-10/h5-6,10-12,14,16H,3-4,7-9H2,1-2H3. The number of hydrogen-bond acceptors (Lipinski definition) is 4. The second-order valence-electron chi connectivity index (χ2n) is 6.01. The highest BCUT2D eigenvalue weighted by Crippen LogP contribution is 2.50.